The molecule has 3 nitrogen and oxygen atoms in total. The minimum Gasteiger partial charge on any atom is -0.362 e. The Morgan fingerprint density at radius 3 is 2.76 bits per heavy atom. The van der Waals surface area contributed by atoms with E-state index in [-0.39, 0.29) is 6.04 Å². The topological polar surface area (TPSA) is 39.1 Å². The number of piperazine rings is 1. The third-order valence-electron chi connectivity index (χ3n) is 3.14. The third kappa shape index (κ3) is 2.71. The van der Waals surface area contributed by atoms with Crippen LogP contribution in [0.1, 0.15) is 13.3 Å². The van der Waals surface area contributed by atoms with Gasteiger partial charge in [0.2, 0.25) is 0 Å². The van der Waals surface area contributed by atoms with Gasteiger partial charge in [0.25, 0.3) is 0 Å². The number of nitrogens with zero attached hydrogens (tertiary/aromatic N) is 2. The molecule has 17 heavy (non-hydrogen) atoms. The SMILES string of the molecule is CC1CNCC(CC#N)N1c1ccc(Cl)cc1. The van der Waals surface area contributed by atoms with E-state index in [9.17, 15) is 0 Å². The zero-order valence-corrected chi connectivity index (χ0v) is 10.6. The third-order valence-corrected chi connectivity index (χ3v) is 3.39. The first-order chi connectivity index (χ1) is 8.22. The fraction of sp³-hybridized carbons (Fsp3) is 0.462. The number of rotatable bonds is 2. The van der Waals surface area contributed by atoms with E-state index in [0.717, 1.165) is 23.8 Å². The summed E-state index contributed by atoms with van der Waals surface area (Å²) < 4.78 is 0. The molecular weight excluding hydrogens is 234 g/mol. The molecule has 0 amide bonds. The predicted molar refractivity (Wildman–Crippen MR) is 70.3 cm³/mol. The van der Waals surface area contributed by atoms with Crippen LogP contribution >= 0.6 is 11.6 Å². The van der Waals surface area contributed by atoms with Gasteiger partial charge < -0.3 is 10.2 Å². The van der Waals surface area contributed by atoms with Crippen molar-refractivity contribution in [2.75, 3.05) is 18.0 Å². The van der Waals surface area contributed by atoms with Crippen molar-refractivity contribution >= 4 is 17.3 Å². The van der Waals surface area contributed by atoms with Gasteiger partial charge in [0, 0.05) is 29.8 Å². The van der Waals surface area contributed by atoms with Crippen molar-refractivity contribution in [2.45, 2.75) is 25.4 Å². The van der Waals surface area contributed by atoms with E-state index in [1.807, 2.05) is 24.3 Å². The van der Waals surface area contributed by atoms with Crippen LogP contribution in [0.5, 0.6) is 0 Å². The molecule has 2 unspecified atom stereocenters. The van der Waals surface area contributed by atoms with Gasteiger partial charge in [-0.1, -0.05) is 11.6 Å². The van der Waals surface area contributed by atoms with E-state index < -0.39 is 0 Å². The van der Waals surface area contributed by atoms with Crippen molar-refractivity contribution in [1.29, 1.82) is 5.26 Å². The molecule has 1 aromatic rings. The van der Waals surface area contributed by atoms with E-state index in [2.05, 4.69) is 23.2 Å². The summed E-state index contributed by atoms with van der Waals surface area (Å²) in [5.74, 6) is 0. The Bertz CT molecular complexity index is 410. The highest BCUT2D eigenvalue weighted by Gasteiger charge is 2.27. The van der Waals surface area contributed by atoms with Crippen LogP contribution < -0.4 is 10.2 Å². The summed E-state index contributed by atoms with van der Waals surface area (Å²) in [7, 11) is 0. The van der Waals surface area contributed by atoms with E-state index in [1.165, 1.54) is 0 Å². The largest absolute Gasteiger partial charge is 0.362 e. The highest BCUT2D eigenvalue weighted by Crippen LogP contribution is 2.24. The molecule has 90 valence electrons. The smallest absolute Gasteiger partial charge is 0.0643 e. The molecule has 0 aromatic heterocycles. The molecule has 1 heterocycles. The Kier molecular flexibility index (Phi) is 3.88. The van der Waals surface area contributed by atoms with Crippen molar-refractivity contribution in [2.24, 2.45) is 0 Å². The van der Waals surface area contributed by atoms with Crippen molar-refractivity contribution < 1.29 is 0 Å². The lowest BCUT2D eigenvalue weighted by molar-refractivity contribution is 0.417. The molecule has 1 aromatic carbocycles. The normalized spacial score (nSPS) is 24.4. The van der Waals surface area contributed by atoms with Crippen LogP contribution in [-0.2, 0) is 0 Å². The number of hydrogen-bond acceptors (Lipinski definition) is 3. The maximum Gasteiger partial charge on any atom is 0.0643 e. The Balaban J connectivity index is 2.25. The monoisotopic (exact) mass is 249 g/mol. The molecule has 2 rings (SSSR count). The van der Waals surface area contributed by atoms with E-state index in [1.54, 1.807) is 0 Å². The molecule has 0 radical (unpaired) electrons. The molecule has 0 spiro atoms. The summed E-state index contributed by atoms with van der Waals surface area (Å²) in [6.07, 6.45) is 0.542. The molecular formula is C13H16ClN3. The zero-order valence-electron chi connectivity index (χ0n) is 9.86. The average molecular weight is 250 g/mol. The molecule has 1 saturated heterocycles. The Morgan fingerprint density at radius 1 is 1.41 bits per heavy atom. The number of hydrogen-bond donors (Lipinski definition) is 1. The molecule has 1 aliphatic rings. The highest BCUT2D eigenvalue weighted by atomic mass is 35.5. The number of halogens is 1. The van der Waals surface area contributed by atoms with Crippen LogP contribution in [0.2, 0.25) is 5.02 Å². The maximum absolute atomic E-state index is 8.89. The molecule has 0 aliphatic carbocycles. The molecule has 0 saturated carbocycles. The first-order valence-electron chi connectivity index (χ1n) is 5.84. The molecule has 4 heteroatoms. The lowest BCUT2D eigenvalue weighted by Crippen LogP contribution is -2.56. The number of nitrogens with one attached hydrogen (secondary N) is 1. The molecule has 1 N–H and O–H groups in total. The Hall–Kier alpha value is -1.24. The quantitative estimate of drug-likeness (QED) is 0.875. The number of benzene rings is 1. The summed E-state index contributed by atoms with van der Waals surface area (Å²) in [4.78, 5) is 2.32. The fourth-order valence-electron chi connectivity index (χ4n) is 2.37. The lowest BCUT2D eigenvalue weighted by atomic mass is 10.0. The van der Waals surface area contributed by atoms with Gasteiger partial charge >= 0.3 is 0 Å². The first kappa shape index (κ1) is 12.2. The van der Waals surface area contributed by atoms with Gasteiger partial charge in [-0.05, 0) is 31.2 Å². The summed E-state index contributed by atoms with van der Waals surface area (Å²) in [5, 5.41) is 13.0. The highest BCUT2D eigenvalue weighted by molar-refractivity contribution is 6.30. The average Bonchev–Trinajstić information content (AvgIpc) is 2.32. The predicted octanol–water partition coefficient (Wildman–Crippen LogP) is 2.42. The van der Waals surface area contributed by atoms with Crippen molar-refractivity contribution in [1.82, 2.24) is 5.32 Å². The summed E-state index contributed by atoms with van der Waals surface area (Å²) >= 11 is 5.90. The Morgan fingerprint density at radius 2 is 2.12 bits per heavy atom. The Labute approximate surface area is 107 Å². The standard InChI is InChI=1S/C13H16ClN3/c1-10-8-16-9-13(6-7-15)17(10)12-4-2-11(14)3-5-12/h2-5,10,13,16H,6,8-9H2,1H3. The van der Waals surface area contributed by atoms with E-state index in [4.69, 9.17) is 16.9 Å². The lowest BCUT2D eigenvalue weighted by Gasteiger charge is -2.42. The molecule has 1 fully saturated rings. The molecule has 0 bridgehead atoms. The van der Waals surface area contributed by atoms with Gasteiger partial charge in [-0.25, -0.2) is 0 Å². The maximum atomic E-state index is 8.89. The first-order valence-corrected chi connectivity index (χ1v) is 6.21. The van der Waals surface area contributed by atoms with Crippen LogP contribution in [0.4, 0.5) is 5.69 Å². The van der Waals surface area contributed by atoms with Gasteiger partial charge in [0.1, 0.15) is 0 Å². The number of anilines is 1. The summed E-state index contributed by atoms with van der Waals surface area (Å²) in [5.41, 5.74) is 1.14. The van der Waals surface area contributed by atoms with Crippen LogP contribution in [0.25, 0.3) is 0 Å². The van der Waals surface area contributed by atoms with Crippen LogP contribution in [0.3, 0.4) is 0 Å². The minimum absolute atomic E-state index is 0.241. The molecule has 2 atom stereocenters. The fourth-order valence-corrected chi connectivity index (χ4v) is 2.50. The zero-order chi connectivity index (χ0) is 12.3. The van der Waals surface area contributed by atoms with E-state index >= 15 is 0 Å². The van der Waals surface area contributed by atoms with Crippen LogP contribution in [-0.4, -0.2) is 25.2 Å². The summed E-state index contributed by atoms with van der Waals surface area (Å²) in [6, 6.07) is 10.7. The minimum atomic E-state index is 0.241. The van der Waals surface area contributed by atoms with Crippen LogP contribution in [0, 0.1) is 11.3 Å². The van der Waals surface area contributed by atoms with Gasteiger partial charge in [0.15, 0.2) is 0 Å². The number of nitriles is 1. The van der Waals surface area contributed by atoms with Crippen LogP contribution in [0.15, 0.2) is 24.3 Å². The second-order valence-corrected chi connectivity index (χ2v) is 4.84. The van der Waals surface area contributed by atoms with Gasteiger partial charge in [-0.3, -0.25) is 0 Å². The van der Waals surface area contributed by atoms with Crippen molar-refractivity contribution in [3.63, 3.8) is 0 Å². The second-order valence-electron chi connectivity index (χ2n) is 4.41. The van der Waals surface area contributed by atoms with Gasteiger partial charge in [-0.2, -0.15) is 5.26 Å². The molecule has 1 aliphatic heterocycles. The van der Waals surface area contributed by atoms with Crippen molar-refractivity contribution in [3.8, 4) is 6.07 Å². The van der Waals surface area contributed by atoms with E-state index in [0.29, 0.717) is 12.5 Å². The second kappa shape index (κ2) is 5.39. The summed E-state index contributed by atoms with van der Waals surface area (Å²) in [6.45, 7) is 3.98. The van der Waals surface area contributed by atoms with Crippen molar-refractivity contribution in [3.05, 3.63) is 29.3 Å². The van der Waals surface area contributed by atoms with Gasteiger partial charge in [0.05, 0.1) is 18.5 Å². The van der Waals surface area contributed by atoms with Gasteiger partial charge in [-0.15, -0.1) is 0 Å².